The van der Waals surface area contributed by atoms with Gasteiger partial charge in [-0.1, -0.05) is 6.08 Å². The van der Waals surface area contributed by atoms with Crippen molar-refractivity contribution in [2.45, 2.75) is 52.0 Å². The summed E-state index contributed by atoms with van der Waals surface area (Å²) < 4.78 is 62.6. The van der Waals surface area contributed by atoms with E-state index in [-0.39, 0.29) is 23.3 Å². The Labute approximate surface area is 246 Å². The van der Waals surface area contributed by atoms with E-state index in [1.165, 1.54) is 12.1 Å². The number of benzene rings is 1. The van der Waals surface area contributed by atoms with Crippen LogP contribution in [0, 0.1) is 12.7 Å². The number of likely N-dealkylation sites (N-methyl/N-ethyl adjacent to an activating group) is 1. The number of hydrogen-bond donors (Lipinski definition) is 2. The molecule has 43 heavy (non-hydrogen) atoms. The van der Waals surface area contributed by atoms with Gasteiger partial charge in [-0.2, -0.15) is 13.2 Å². The highest BCUT2D eigenvalue weighted by molar-refractivity contribution is 6.07. The topological polar surface area (TPSA) is 97.7 Å². The van der Waals surface area contributed by atoms with Crippen molar-refractivity contribution in [1.29, 1.82) is 0 Å². The number of alkyl halides is 3. The van der Waals surface area contributed by atoms with E-state index in [2.05, 4.69) is 25.1 Å². The molecule has 2 aromatic heterocycles. The summed E-state index contributed by atoms with van der Waals surface area (Å²) in [5.41, 5.74) is -1.52. The van der Waals surface area contributed by atoms with E-state index in [1.807, 2.05) is 31.9 Å². The van der Waals surface area contributed by atoms with Crippen molar-refractivity contribution >= 4 is 22.9 Å². The SMILES string of the molecule is Cc1ncc(CN2CC=C(c3cc(NC(=O)c4c[nH]c(=O)cc4C(F)(F)F)c(N4C[C@@H](C)N(C)[C@@H](C)C4)cc3F)CC2)o1. The molecule has 0 bridgehead atoms. The van der Waals surface area contributed by atoms with Crippen molar-refractivity contribution in [1.82, 2.24) is 19.8 Å². The standard InChI is InChI=1S/C30H34F4N6O3/c1-17-14-40(15-18(2)38(17)4)27-11-25(31)22(20-5-7-39(8-6-20)16-21-12-35-19(3)43-21)9-26(27)37-29(42)23-13-36-28(41)10-24(23)30(32,33)34/h5,9-13,17-18H,6-8,14-16H2,1-4H3,(H,36,41)(H,37,42)/t17-,18+. The van der Waals surface area contributed by atoms with Crippen LogP contribution in [0.25, 0.3) is 5.57 Å². The van der Waals surface area contributed by atoms with Gasteiger partial charge in [-0.15, -0.1) is 0 Å². The number of nitrogens with one attached hydrogen (secondary N) is 2. The molecule has 230 valence electrons. The number of H-pyrrole nitrogens is 1. The number of aromatic nitrogens is 2. The van der Waals surface area contributed by atoms with Crippen molar-refractivity contribution in [3.8, 4) is 0 Å². The van der Waals surface area contributed by atoms with Gasteiger partial charge in [0.25, 0.3) is 5.91 Å². The van der Waals surface area contributed by atoms with Crippen LogP contribution in [0.3, 0.4) is 0 Å². The van der Waals surface area contributed by atoms with Gasteiger partial charge in [-0.3, -0.25) is 19.4 Å². The van der Waals surface area contributed by atoms with Crippen LogP contribution in [0.15, 0.2) is 45.9 Å². The maximum absolute atomic E-state index is 15.8. The Bertz CT molecular complexity index is 1590. The Morgan fingerprint density at radius 3 is 2.51 bits per heavy atom. The van der Waals surface area contributed by atoms with Crippen molar-refractivity contribution < 1.29 is 26.8 Å². The fourth-order valence-corrected chi connectivity index (χ4v) is 5.65. The lowest BCUT2D eigenvalue weighted by molar-refractivity contribution is -0.138. The highest BCUT2D eigenvalue weighted by Crippen LogP contribution is 2.37. The fraction of sp³-hybridized carbons (Fsp3) is 0.433. The number of carbonyl (C=O) groups excluding carboxylic acids is 1. The molecule has 4 heterocycles. The maximum Gasteiger partial charge on any atom is 0.417 e. The third kappa shape index (κ3) is 6.67. The molecule has 2 aliphatic rings. The van der Waals surface area contributed by atoms with Gasteiger partial charge in [0.1, 0.15) is 11.6 Å². The lowest BCUT2D eigenvalue weighted by Gasteiger charge is -2.44. The molecular formula is C30H34F4N6O3. The van der Waals surface area contributed by atoms with Gasteiger partial charge in [-0.25, -0.2) is 9.37 Å². The number of oxazole rings is 1. The van der Waals surface area contributed by atoms with Crippen molar-refractivity contribution in [3.63, 3.8) is 0 Å². The Morgan fingerprint density at radius 2 is 1.91 bits per heavy atom. The number of piperazine rings is 1. The number of pyridine rings is 1. The number of anilines is 2. The van der Waals surface area contributed by atoms with Crippen molar-refractivity contribution in [2.75, 3.05) is 43.4 Å². The van der Waals surface area contributed by atoms with Gasteiger partial charge in [0.15, 0.2) is 5.89 Å². The molecule has 9 nitrogen and oxygen atoms in total. The minimum absolute atomic E-state index is 0.103. The molecule has 0 spiro atoms. The van der Waals surface area contributed by atoms with E-state index >= 15 is 4.39 Å². The van der Waals surface area contributed by atoms with Crippen LogP contribution in [-0.2, 0) is 12.7 Å². The first kappa shape index (κ1) is 30.5. The van der Waals surface area contributed by atoms with Crippen molar-refractivity contribution in [3.05, 3.63) is 81.2 Å². The van der Waals surface area contributed by atoms with Crippen LogP contribution in [0.1, 0.15) is 53.4 Å². The predicted octanol–water partition coefficient (Wildman–Crippen LogP) is 4.90. The van der Waals surface area contributed by atoms with E-state index < -0.39 is 34.6 Å². The molecule has 0 unspecified atom stereocenters. The van der Waals surface area contributed by atoms with E-state index in [0.717, 1.165) is 17.5 Å². The van der Waals surface area contributed by atoms with E-state index in [0.29, 0.717) is 56.8 Å². The molecule has 13 heteroatoms. The molecule has 0 aliphatic carbocycles. The highest BCUT2D eigenvalue weighted by atomic mass is 19.4. The van der Waals surface area contributed by atoms with E-state index in [4.69, 9.17) is 4.42 Å². The van der Waals surface area contributed by atoms with Gasteiger partial charge < -0.3 is 19.6 Å². The average Bonchev–Trinajstić information content (AvgIpc) is 3.36. The molecular weight excluding hydrogens is 568 g/mol. The first-order valence-electron chi connectivity index (χ1n) is 14.0. The molecule has 1 aromatic carbocycles. The molecule has 3 aromatic rings. The summed E-state index contributed by atoms with van der Waals surface area (Å²) in [5, 5.41) is 2.61. The number of aryl methyl sites for hydroxylation is 1. The van der Waals surface area contributed by atoms with Crippen molar-refractivity contribution in [2.24, 2.45) is 0 Å². The van der Waals surface area contributed by atoms with Gasteiger partial charge in [0.05, 0.1) is 35.2 Å². The second kappa shape index (κ2) is 12.0. The molecule has 2 aliphatic heterocycles. The summed E-state index contributed by atoms with van der Waals surface area (Å²) in [6, 6.07) is 3.40. The molecule has 1 saturated heterocycles. The van der Waals surface area contributed by atoms with Crippen LogP contribution >= 0.6 is 0 Å². The Balaban J connectivity index is 1.49. The number of amides is 1. The van der Waals surface area contributed by atoms with Gasteiger partial charge in [0.2, 0.25) is 5.56 Å². The first-order valence-corrected chi connectivity index (χ1v) is 14.0. The summed E-state index contributed by atoms with van der Waals surface area (Å²) in [7, 11) is 2.00. The average molecular weight is 603 g/mol. The minimum Gasteiger partial charge on any atom is -0.445 e. The van der Waals surface area contributed by atoms with Crippen LogP contribution in [-0.4, -0.2) is 71.0 Å². The fourth-order valence-electron chi connectivity index (χ4n) is 5.65. The zero-order chi connectivity index (χ0) is 31.1. The number of rotatable bonds is 6. The van der Waals surface area contributed by atoms with Crippen LogP contribution < -0.4 is 15.8 Å². The number of nitrogens with zero attached hydrogens (tertiary/aromatic N) is 4. The number of aromatic amines is 1. The molecule has 2 N–H and O–H groups in total. The van der Waals surface area contributed by atoms with Crippen LogP contribution in [0.5, 0.6) is 0 Å². The molecule has 0 radical (unpaired) electrons. The molecule has 0 saturated carbocycles. The third-order valence-corrected chi connectivity index (χ3v) is 8.20. The summed E-state index contributed by atoms with van der Waals surface area (Å²) in [5.74, 6) is -0.249. The van der Waals surface area contributed by atoms with E-state index in [9.17, 15) is 22.8 Å². The Kier molecular flexibility index (Phi) is 8.48. The molecule has 1 fully saturated rings. The Hall–Kier alpha value is -3.97. The quantitative estimate of drug-likeness (QED) is 0.388. The maximum atomic E-state index is 15.8. The summed E-state index contributed by atoms with van der Waals surface area (Å²) in [6.45, 7) is 8.56. The summed E-state index contributed by atoms with van der Waals surface area (Å²) >= 11 is 0. The van der Waals surface area contributed by atoms with Crippen LogP contribution in [0.2, 0.25) is 0 Å². The monoisotopic (exact) mass is 602 g/mol. The lowest BCUT2D eigenvalue weighted by Crippen LogP contribution is -2.55. The van der Waals surface area contributed by atoms with Crippen LogP contribution in [0.4, 0.5) is 28.9 Å². The first-order chi connectivity index (χ1) is 20.3. The summed E-state index contributed by atoms with van der Waals surface area (Å²) in [6.07, 6.45) is -0.0890. The molecule has 2 atom stereocenters. The normalized spacial score (nSPS) is 20.3. The van der Waals surface area contributed by atoms with Gasteiger partial charge >= 0.3 is 6.18 Å². The minimum atomic E-state index is -4.93. The smallest absolute Gasteiger partial charge is 0.417 e. The summed E-state index contributed by atoms with van der Waals surface area (Å²) in [4.78, 5) is 37.5. The van der Waals surface area contributed by atoms with Gasteiger partial charge in [0, 0.05) is 63.0 Å². The zero-order valence-electron chi connectivity index (χ0n) is 24.4. The number of hydrogen-bond acceptors (Lipinski definition) is 7. The van der Waals surface area contributed by atoms with Gasteiger partial charge in [-0.05, 0) is 45.0 Å². The highest BCUT2D eigenvalue weighted by Gasteiger charge is 2.36. The zero-order valence-corrected chi connectivity index (χ0v) is 24.4. The van der Waals surface area contributed by atoms with E-state index in [1.54, 1.807) is 13.1 Å². The number of carbonyl (C=O) groups is 1. The Morgan fingerprint density at radius 1 is 1.19 bits per heavy atom. The second-order valence-corrected chi connectivity index (χ2v) is 11.3. The third-order valence-electron chi connectivity index (χ3n) is 8.20. The number of halogens is 4. The molecule has 5 rings (SSSR count). The predicted molar refractivity (Wildman–Crippen MR) is 154 cm³/mol. The largest absolute Gasteiger partial charge is 0.445 e. The lowest BCUT2D eigenvalue weighted by atomic mass is 9.96. The molecule has 1 amide bonds. The second-order valence-electron chi connectivity index (χ2n) is 11.3.